The maximum atomic E-state index is 4.26. The van der Waals surface area contributed by atoms with Crippen molar-refractivity contribution < 1.29 is 0 Å². The van der Waals surface area contributed by atoms with E-state index in [9.17, 15) is 0 Å². The van der Waals surface area contributed by atoms with Gasteiger partial charge in [0, 0.05) is 25.3 Å². The van der Waals surface area contributed by atoms with Gasteiger partial charge in [0.05, 0.1) is 12.7 Å². The van der Waals surface area contributed by atoms with Crippen LogP contribution in [0.4, 0.5) is 5.69 Å². The minimum Gasteiger partial charge on any atom is -0.378 e. The third-order valence-corrected chi connectivity index (χ3v) is 3.41. The molecule has 0 spiro atoms. The zero-order valence-corrected chi connectivity index (χ0v) is 12.3. The van der Waals surface area contributed by atoms with Crippen LogP contribution in [0.15, 0.2) is 60.8 Å². The molecule has 1 aromatic heterocycles. The molecule has 0 fully saturated rings. The maximum Gasteiger partial charge on any atom is 0.113 e. The maximum absolute atomic E-state index is 4.26. The van der Waals surface area contributed by atoms with Gasteiger partial charge in [-0.1, -0.05) is 47.7 Å². The predicted octanol–water partition coefficient (Wildman–Crippen LogP) is 3.06. The summed E-state index contributed by atoms with van der Waals surface area (Å²) in [7, 11) is 4.07. The molecule has 3 rings (SSSR count). The highest BCUT2D eigenvalue weighted by Crippen LogP contribution is 2.20. The molecule has 0 aliphatic carbocycles. The quantitative estimate of drug-likeness (QED) is 0.735. The molecule has 0 radical (unpaired) electrons. The first-order chi connectivity index (χ1) is 10.2. The molecule has 1 heterocycles. The first-order valence-electron chi connectivity index (χ1n) is 6.94. The summed E-state index contributed by atoms with van der Waals surface area (Å²) in [4.78, 5) is 2.08. The molecule has 0 aliphatic heterocycles. The van der Waals surface area contributed by atoms with Crippen molar-refractivity contribution in [1.29, 1.82) is 0 Å². The minimum absolute atomic E-state index is 0.740. The van der Waals surface area contributed by atoms with Crippen molar-refractivity contribution in [2.24, 2.45) is 0 Å². The zero-order valence-electron chi connectivity index (χ0n) is 12.3. The van der Waals surface area contributed by atoms with Gasteiger partial charge >= 0.3 is 0 Å². The second-order valence-corrected chi connectivity index (χ2v) is 5.23. The van der Waals surface area contributed by atoms with Crippen molar-refractivity contribution in [3.63, 3.8) is 0 Å². The Hall–Kier alpha value is -2.62. The Morgan fingerprint density at radius 3 is 2.33 bits per heavy atom. The topological polar surface area (TPSA) is 34.0 Å². The van der Waals surface area contributed by atoms with Gasteiger partial charge in [-0.2, -0.15) is 0 Å². The summed E-state index contributed by atoms with van der Waals surface area (Å²) >= 11 is 0. The number of anilines is 1. The highest BCUT2D eigenvalue weighted by molar-refractivity contribution is 5.62. The molecule has 0 saturated heterocycles. The van der Waals surface area contributed by atoms with Crippen molar-refractivity contribution >= 4 is 5.69 Å². The average Bonchev–Trinajstić information content (AvgIpc) is 2.97. The number of rotatable bonds is 4. The molecule has 0 unspecified atom stereocenters. The van der Waals surface area contributed by atoms with E-state index in [1.807, 2.05) is 43.2 Å². The number of aromatic nitrogens is 3. The van der Waals surface area contributed by atoms with E-state index in [0.29, 0.717) is 0 Å². The zero-order chi connectivity index (χ0) is 14.7. The Labute approximate surface area is 124 Å². The Balaban J connectivity index is 1.78. The van der Waals surface area contributed by atoms with Crippen LogP contribution in [0.25, 0.3) is 11.3 Å². The highest BCUT2D eigenvalue weighted by Gasteiger charge is 2.05. The van der Waals surface area contributed by atoms with Crippen molar-refractivity contribution in [3.05, 3.63) is 66.4 Å². The Morgan fingerprint density at radius 1 is 0.952 bits per heavy atom. The van der Waals surface area contributed by atoms with Gasteiger partial charge in [0.25, 0.3) is 0 Å². The van der Waals surface area contributed by atoms with Crippen LogP contribution in [-0.2, 0) is 6.54 Å². The smallest absolute Gasteiger partial charge is 0.113 e. The Bertz CT molecular complexity index is 699. The molecule has 4 heteroatoms. The average molecular weight is 278 g/mol. The summed E-state index contributed by atoms with van der Waals surface area (Å²) in [6, 6.07) is 18.6. The van der Waals surface area contributed by atoms with Gasteiger partial charge in [-0.25, -0.2) is 4.68 Å². The molecule has 0 N–H and O–H groups in total. The lowest BCUT2D eigenvalue weighted by Crippen LogP contribution is -2.07. The van der Waals surface area contributed by atoms with Gasteiger partial charge in [-0.05, 0) is 17.7 Å². The molecule has 0 bridgehead atoms. The van der Waals surface area contributed by atoms with E-state index in [4.69, 9.17) is 0 Å². The van der Waals surface area contributed by atoms with Crippen LogP contribution in [-0.4, -0.2) is 29.1 Å². The largest absolute Gasteiger partial charge is 0.378 e. The van der Waals surface area contributed by atoms with E-state index in [1.54, 1.807) is 0 Å². The lowest BCUT2D eigenvalue weighted by molar-refractivity contribution is 0.650. The van der Waals surface area contributed by atoms with Crippen LogP contribution < -0.4 is 4.90 Å². The first kappa shape index (κ1) is 13.4. The summed E-state index contributed by atoms with van der Waals surface area (Å²) in [6.07, 6.45) is 1.98. The van der Waals surface area contributed by atoms with Crippen LogP contribution in [0.3, 0.4) is 0 Å². The van der Waals surface area contributed by atoms with Crippen molar-refractivity contribution in [2.75, 3.05) is 19.0 Å². The van der Waals surface area contributed by atoms with Gasteiger partial charge in [-0.3, -0.25) is 0 Å². The molecule has 3 aromatic rings. The molecule has 0 saturated carbocycles. The van der Waals surface area contributed by atoms with Crippen molar-refractivity contribution in [2.45, 2.75) is 6.54 Å². The van der Waals surface area contributed by atoms with E-state index in [2.05, 4.69) is 51.6 Å². The van der Waals surface area contributed by atoms with Gasteiger partial charge in [0.15, 0.2) is 0 Å². The molecular weight excluding hydrogens is 260 g/mol. The van der Waals surface area contributed by atoms with E-state index in [0.717, 1.165) is 17.8 Å². The van der Waals surface area contributed by atoms with Crippen molar-refractivity contribution in [1.82, 2.24) is 15.0 Å². The third-order valence-electron chi connectivity index (χ3n) is 3.41. The third kappa shape index (κ3) is 3.11. The monoisotopic (exact) mass is 278 g/mol. The molecule has 2 aromatic carbocycles. The van der Waals surface area contributed by atoms with E-state index < -0.39 is 0 Å². The van der Waals surface area contributed by atoms with Crippen LogP contribution in [0.2, 0.25) is 0 Å². The van der Waals surface area contributed by atoms with Crippen LogP contribution in [0.1, 0.15) is 5.56 Å². The number of nitrogens with zero attached hydrogens (tertiary/aromatic N) is 4. The van der Waals surface area contributed by atoms with E-state index in [1.165, 1.54) is 11.3 Å². The molecule has 0 atom stereocenters. The second-order valence-electron chi connectivity index (χ2n) is 5.23. The van der Waals surface area contributed by atoms with Crippen molar-refractivity contribution in [3.8, 4) is 11.3 Å². The lowest BCUT2D eigenvalue weighted by Gasteiger charge is -2.11. The fraction of sp³-hybridized carbons (Fsp3) is 0.176. The molecule has 0 amide bonds. The molecular formula is C17H18N4. The highest BCUT2D eigenvalue weighted by atomic mass is 15.4. The molecule has 21 heavy (non-hydrogen) atoms. The predicted molar refractivity (Wildman–Crippen MR) is 85.3 cm³/mol. The number of benzene rings is 2. The number of hydrogen-bond acceptors (Lipinski definition) is 3. The van der Waals surface area contributed by atoms with Crippen LogP contribution in [0.5, 0.6) is 0 Å². The molecule has 4 nitrogen and oxygen atoms in total. The molecule has 0 aliphatic rings. The van der Waals surface area contributed by atoms with Gasteiger partial charge < -0.3 is 4.90 Å². The lowest BCUT2D eigenvalue weighted by atomic mass is 10.1. The van der Waals surface area contributed by atoms with E-state index in [-0.39, 0.29) is 0 Å². The normalized spacial score (nSPS) is 10.6. The number of hydrogen-bond donors (Lipinski definition) is 0. The van der Waals surface area contributed by atoms with Gasteiger partial charge in [-0.15, -0.1) is 5.10 Å². The fourth-order valence-electron chi connectivity index (χ4n) is 2.21. The second kappa shape index (κ2) is 5.79. The van der Waals surface area contributed by atoms with Crippen LogP contribution in [0, 0.1) is 0 Å². The molecule has 106 valence electrons. The Morgan fingerprint density at radius 2 is 1.67 bits per heavy atom. The summed E-state index contributed by atoms with van der Waals surface area (Å²) in [6.45, 7) is 0.740. The minimum atomic E-state index is 0.740. The summed E-state index contributed by atoms with van der Waals surface area (Å²) < 4.78 is 1.87. The van der Waals surface area contributed by atoms with E-state index >= 15 is 0 Å². The fourth-order valence-corrected chi connectivity index (χ4v) is 2.21. The summed E-state index contributed by atoms with van der Waals surface area (Å²) in [5.74, 6) is 0. The van der Waals surface area contributed by atoms with Gasteiger partial charge in [0.1, 0.15) is 5.69 Å². The van der Waals surface area contributed by atoms with Crippen LogP contribution >= 0.6 is 0 Å². The van der Waals surface area contributed by atoms with Gasteiger partial charge in [0.2, 0.25) is 0 Å². The Kier molecular flexibility index (Phi) is 3.69. The summed E-state index contributed by atoms with van der Waals surface area (Å²) in [5.41, 5.74) is 4.38. The standard InChI is InChI=1S/C17H18N4/c1-20(2)16-10-8-15(9-11-16)17-13-21(19-18-17)12-14-6-4-3-5-7-14/h3-11,13H,12H2,1-2H3. The summed E-state index contributed by atoms with van der Waals surface area (Å²) in [5, 5.41) is 8.46. The first-order valence-corrected chi connectivity index (χ1v) is 6.94. The SMILES string of the molecule is CN(C)c1ccc(-c2cn(Cc3ccccc3)nn2)cc1.